The number of pyridine rings is 1. The molecule has 0 spiro atoms. The normalized spacial score (nSPS) is 16.0. The molecule has 1 atom stereocenters. The van der Waals surface area contributed by atoms with Crippen molar-refractivity contribution in [3.05, 3.63) is 22.8 Å². The van der Waals surface area contributed by atoms with Gasteiger partial charge in [-0.15, -0.1) is 0 Å². The molecule has 0 aromatic carbocycles. The topological polar surface area (TPSA) is 74.3 Å². The zero-order chi connectivity index (χ0) is 15.4. The Hall–Kier alpha value is -1.47. The Morgan fingerprint density at radius 2 is 2.24 bits per heavy atom. The van der Waals surface area contributed by atoms with Crippen LogP contribution in [0.1, 0.15) is 6.92 Å². The fourth-order valence-corrected chi connectivity index (χ4v) is 2.37. The summed E-state index contributed by atoms with van der Waals surface area (Å²) in [6, 6.07) is 3.50. The number of likely N-dealkylation sites (N-methyl/N-ethyl adjacent to an activating group) is 1. The molecule has 21 heavy (non-hydrogen) atoms. The smallest absolute Gasteiger partial charge is 0.245 e. The lowest BCUT2D eigenvalue weighted by Crippen LogP contribution is -2.50. The molecule has 0 radical (unpaired) electrons. The molecule has 0 aliphatic carbocycles. The minimum atomic E-state index is -0.250. The number of carbonyl (C=O) groups is 2. The van der Waals surface area contributed by atoms with Gasteiger partial charge in [0, 0.05) is 23.6 Å². The van der Waals surface area contributed by atoms with Gasteiger partial charge in [0.25, 0.3) is 0 Å². The molecule has 2 heterocycles. The molecule has 0 bridgehead atoms. The van der Waals surface area contributed by atoms with Gasteiger partial charge in [-0.25, -0.2) is 4.98 Å². The maximum Gasteiger partial charge on any atom is 0.245 e. The third kappa shape index (κ3) is 4.25. The third-order valence-electron chi connectivity index (χ3n) is 3.66. The van der Waals surface area contributed by atoms with E-state index in [2.05, 4.69) is 31.5 Å². The number of aromatic nitrogens is 1. The first kappa shape index (κ1) is 15.9. The number of carbonyl (C=O) groups excluding carboxylic acids is 2. The second-order valence-corrected chi connectivity index (χ2v) is 6.23. The van der Waals surface area contributed by atoms with Crippen molar-refractivity contribution in [2.75, 3.05) is 32.0 Å². The van der Waals surface area contributed by atoms with Gasteiger partial charge < -0.3 is 15.5 Å². The molecular weight excluding hydrogens is 336 g/mol. The lowest BCUT2D eigenvalue weighted by atomic mass is 9.88. The van der Waals surface area contributed by atoms with Crippen LogP contribution in [-0.4, -0.2) is 48.4 Å². The Morgan fingerprint density at radius 1 is 1.52 bits per heavy atom. The second-order valence-electron chi connectivity index (χ2n) is 5.31. The summed E-state index contributed by atoms with van der Waals surface area (Å²) in [4.78, 5) is 29.7. The lowest BCUT2D eigenvalue weighted by molar-refractivity contribution is -0.138. The zero-order valence-corrected chi connectivity index (χ0v) is 13.7. The van der Waals surface area contributed by atoms with Gasteiger partial charge in [0.05, 0.1) is 6.54 Å². The lowest BCUT2D eigenvalue weighted by Gasteiger charge is -2.33. The summed E-state index contributed by atoms with van der Waals surface area (Å²) in [6.45, 7) is 3.69. The minimum absolute atomic E-state index is 0.000385. The summed E-state index contributed by atoms with van der Waals surface area (Å²) >= 11 is 3.28. The predicted molar refractivity (Wildman–Crippen MR) is 83.7 cm³/mol. The number of nitrogens with one attached hydrogen (secondary N) is 2. The van der Waals surface area contributed by atoms with E-state index < -0.39 is 0 Å². The van der Waals surface area contributed by atoms with E-state index in [-0.39, 0.29) is 24.3 Å². The maximum absolute atomic E-state index is 12.2. The van der Waals surface area contributed by atoms with Crippen LogP contribution < -0.4 is 10.6 Å². The van der Waals surface area contributed by atoms with E-state index in [1.165, 1.54) is 4.90 Å². The van der Waals surface area contributed by atoms with E-state index in [1.54, 1.807) is 25.4 Å². The molecule has 1 aromatic heterocycles. The second kappa shape index (κ2) is 7.00. The van der Waals surface area contributed by atoms with Crippen molar-refractivity contribution in [1.29, 1.82) is 0 Å². The fraction of sp³-hybridized carbons (Fsp3) is 0.500. The SMILES string of the molecule is CC(C(=O)N(C)CC(=O)Nc1ccc(Br)cn1)C1CNC1. The average Bonchev–Trinajstić information content (AvgIpc) is 2.38. The van der Waals surface area contributed by atoms with Crippen molar-refractivity contribution in [2.24, 2.45) is 11.8 Å². The average molecular weight is 355 g/mol. The van der Waals surface area contributed by atoms with Gasteiger partial charge in [0.1, 0.15) is 5.82 Å². The highest BCUT2D eigenvalue weighted by atomic mass is 79.9. The first-order chi connectivity index (χ1) is 9.97. The van der Waals surface area contributed by atoms with Gasteiger partial charge in [-0.3, -0.25) is 9.59 Å². The van der Waals surface area contributed by atoms with Crippen molar-refractivity contribution in [3.8, 4) is 0 Å². The molecule has 1 aliphatic rings. The molecule has 6 nitrogen and oxygen atoms in total. The van der Waals surface area contributed by atoms with Crippen LogP contribution in [0.25, 0.3) is 0 Å². The largest absolute Gasteiger partial charge is 0.336 e. The van der Waals surface area contributed by atoms with Crippen LogP contribution in [-0.2, 0) is 9.59 Å². The predicted octanol–water partition coefficient (Wildman–Crippen LogP) is 1.10. The molecule has 114 valence electrons. The molecular formula is C14H19BrN4O2. The molecule has 2 N–H and O–H groups in total. The number of rotatable bonds is 5. The highest BCUT2D eigenvalue weighted by Gasteiger charge is 2.30. The highest BCUT2D eigenvalue weighted by molar-refractivity contribution is 9.10. The van der Waals surface area contributed by atoms with Crippen molar-refractivity contribution in [3.63, 3.8) is 0 Å². The Bertz CT molecular complexity index is 516. The number of anilines is 1. The van der Waals surface area contributed by atoms with E-state index in [4.69, 9.17) is 0 Å². The van der Waals surface area contributed by atoms with Crippen molar-refractivity contribution < 1.29 is 9.59 Å². The van der Waals surface area contributed by atoms with Crippen LogP contribution in [0, 0.1) is 11.8 Å². The zero-order valence-electron chi connectivity index (χ0n) is 12.1. The molecule has 0 saturated carbocycles. The number of nitrogens with zero attached hydrogens (tertiary/aromatic N) is 2. The van der Waals surface area contributed by atoms with Crippen LogP contribution in [0.15, 0.2) is 22.8 Å². The maximum atomic E-state index is 12.2. The summed E-state index contributed by atoms with van der Waals surface area (Å²) < 4.78 is 0.843. The van der Waals surface area contributed by atoms with Crippen LogP contribution >= 0.6 is 15.9 Å². The summed E-state index contributed by atoms with van der Waals surface area (Å²) in [6.07, 6.45) is 1.61. The molecule has 7 heteroatoms. The summed E-state index contributed by atoms with van der Waals surface area (Å²) in [5.41, 5.74) is 0. The van der Waals surface area contributed by atoms with E-state index >= 15 is 0 Å². The monoisotopic (exact) mass is 354 g/mol. The van der Waals surface area contributed by atoms with Crippen LogP contribution in [0.2, 0.25) is 0 Å². The summed E-state index contributed by atoms with van der Waals surface area (Å²) in [7, 11) is 1.65. The van der Waals surface area contributed by atoms with Gasteiger partial charge in [-0.1, -0.05) is 6.92 Å². The van der Waals surface area contributed by atoms with Crippen LogP contribution in [0.3, 0.4) is 0 Å². The number of hydrogen-bond acceptors (Lipinski definition) is 4. The van der Waals surface area contributed by atoms with Crippen LogP contribution in [0.4, 0.5) is 5.82 Å². The van der Waals surface area contributed by atoms with Crippen molar-refractivity contribution >= 4 is 33.6 Å². The third-order valence-corrected chi connectivity index (χ3v) is 4.13. The molecule has 2 rings (SSSR count). The molecule has 1 fully saturated rings. The van der Waals surface area contributed by atoms with Gasteiger partial charge in [-0.05, 0) is 47.1 Å². The molecule has 1 saturated heterocycles. The fourth-order valence-electron chi connectivity index (χ4n) is 2.14. The molecule has 2 amide bonds. The summed E-state index contributed by atoms with van der Waals surface area (Å²) in [5, 5.41) is 5.83. The van der Waals surface area contributed by atoms with E-state index in [0.29, 0.717) is 11.7 Å². The molecule has 1 unspecified atom stereocenters. The quantitative estimate of drug-likeness (QED) is 0.830. The Kier molecular flexibility index (Phi) is 5.30. The number of halogens is 1. The van der Waals surface area contributed by atoms with E-state index in [1.807, 2.05) is 6.92 Å². The first-order valence-corrected chi connectivity index (χ1v) is 7.63. The standard InChI is InChI=1S/C14H19BrN4O2/c1-9(10-5-16-6-10)14(21)19(2)8-13(20)18-12-4-3-11(15)7-17-12/h3-4,7,9-10,16H,5-6,8H2,1-2H3,(H,17,18,20). The Labute approximate surface area is 132 Å². The van der Waals surface area contributed by atoms with Crippen molar-refractivity contribution in [1.82, 2.24) is 15.2 Å². The Morgan fingerprint density at radius 3 is 2.76 bits per heavy atom. The minimum Gasteiger partial charge on any atom is -0.336 e. The number of amides is 2. The van der Waals surface area contributed by atoms with E-state index in [9.17, 15) is 9.59 Å². The molecule has 1 aliphatic heterocycles. The van der Waals surface area contributed by atoms with E-state index in [0.717, 1.165) is 17.6 Å². The van der Waals surface area contributed by atoms with Gasteiger partial charge in [-0.2, -0.15) is 0 Å². The first-order valence-electron chi connectivity index (χ1n) is 6.84. The molecule has 1 aromatic rings. The van der Waals surface area contributed by atoms with Crippen molar-refractivity contribution in [2.45, 2.75) is 6.92 Å². The highest BCUT2D eigenvalue weighted by Crippen LogP contribution is 2.18. The van der Waals surface area contributed by atoms with Gasteiger partial charge >= 0.3 is 0 Å². The van der Waals surface area contributed by atoms with Crippen LogP contribution in [0.5, 0.6) is 0 Å². The van der Waals surface area contributed by atoms with Gasteiger partial charge in [0.15, 0.2) is 0 Å². The Balaban J connectivity index is 1.83. The summed E-state index contributed by atoms with van der Waals surface area (Å²) in [5.74, 6) is 0.534. The number of hydrogen-bond donors (Lipinski definition) is 2. The van der Waals surface area contributed by atoms with Gasteiger partial charge in [0.2, 0.25) is 11.8 Å².